The van der Waals surface area contributed by atoms with Crippen molar-refractivity contribution >= 4 is 11.8 Å². The van der Waals surface area contributed by atoms with Gasteiger partial charge >= 0.3 is 5.97 Å². The molecular weight excluding hydrogens is 228 g/mol. The van der Waals surface area contributed by atoms with E-state index < -0.39 is 5.97 Å². The van der Waals surface area contributed by atoms with E-state index in [1.54, 1.807) is 6.92 Å². The number of ketones is 1. The first-order valence-corrected chi connectivity index (χ1v) is 6.29. The second-order valence-electron chi connectivity index (χ2n) is 4.60. The Morgan fingerprint density at radius 1 is 1.28 bits per heavy atom. The summed E-state index contributed by atoms with van der Waals surface area (Å²) in [5.74, 6) is -0.109. The number of esters is 1. The normalized spacial score (nSPS) is 10.4. The van der Waals surface area contributed by atoms with Gasteiger partial charge in [-0.05, 0) is 24.0 Å². The van der Waals surface area contributed by atoms with Gasteiger partial charge in [0.15, 0.2) is 0 Å². The molecule has 0 heterocycles. The van der Waals surface area contributed by atoms with Crippen molar-refractivity contribution in [2.24, 2.45) is 0 Å². The molecule has 0 fully saturated rings. The van der Waals surface area contributed by atoms with Crippen molar-refractivity contribution in [1.82, 2.24) is 0 Å². The SMILES string of the molecule is CCOC(=O)CC(=O)Cc1cccc(C(C)C)c1. The lowest BCUT2D eigenvalue weighted by Gasteiger charge is -2.07. The molecule has 0 saturated heterocycles. The van der Waals surface area contributed by atoms with Crippen LogP contribution in [0.3, 0.4) is 0 Å². The van der Waals surface area contributed by atoms with Gasteiger partial charge < -0.3 is 4.74 Å². The fourth-order valence-electron chi connectivity index (χ4n) is 1.73. The third-order valence-electron chi connectivity index (χ3n) is 2.67. The summed E-state index contributed by atoms with van der Waals surface area (Å²) in [7, 11) is 0. The molecule has 3 nitrogen and oxygen atoms in total. The zero-order valence-electron chi connectivity index (χ0n) is 11.2. The Bertz CT molecular complexity index is 422. The van der Waals surface area contributed by atoms with Gasteiger partial charge in [-0.25, -0.2) is 0 Å². The fourth-order valence-corrected chi connectivity index (χ4v) is 1.73. The third kappa shape index (κ3) is 4.70. The summed E-state index contributed by atoms with van der Waals surface area (Å²) in [5, 5.41) is 0. The van der Waals surface area contributed by atoms with Gasteiger partial charge in [0.25, 0.3) is 0 Å². The Hall–Kier alpha value is -1.64. The van der Waals surface area contributed by atoms with Crippen LogP contribution >= 0.6 is 0 Å². The Balaban J connectivity index is 2.59. The molecule has 1 aromatic carbocycles. The van der Waals surface area contributed by atoms with Crippen LogP contribution in [0.15, 0.2) is 24.3 Å². The van der Waals surface area contributed by atoms with E-state index in [1.807, 2.05) is 24.3 Å². The lowest BCUT2D eigenvalue weighted by molar-refractivity contribution is -0.145. The number of Topliss-reactive ketones (excluding diaryl/α,β-unsaturated/α-hetero) is 1. The third-order valence-corrected chi connectivity index (χ3v) is 2.67. The van der Waals surface area contributed by atoms with Crippen LogP contribution in [0.1, 0.15) is 44.2 Å². The van der Waals surface area contributed by atoms with Crippen LogP contribution in [-0.2, 0) is 20.7 Å². The molecule has 0 aromatic heterocycles. The average Bonchev–Trinajstić information content (AvgIpc) is 2.29. The number of benzene rings is 1. The Labute approximate surface area is 108 Å². The molecule has 0 aliphatic rings. The van der Waals surface area contributed by atoms with Crippen molar-refractivity contribution in [3.8, 4) is 0 Å². The number of carbonyl (C=O) groups excluding carboxylic acids is 2. The Morgan fingerprint density at radius 3 is 2.61 bits per heavy atom. The molecule has 1 rings (SSSR count). The minimum absolute atomic E-state index is 0.102. The van der Waals surface area contributed by atoms with E-state index in [1.165, 1.54) is 5.56 Å². The monoisotopic (exact) mass is 248 g/mol. The quantitative estimate of drug-likeness (QED) is 0.574. The summed E-state index contributed by atoms with van der Waals surface area (Å²) >= 11 is 0. The molecule has 0 spiro atoms. The van der Waals surface area contributed by atoms with E-state index in [0.29, 0.717) is 18.9 Å². The molecule has 98 valence electrons. The lowest BCUT2D eigenvalue weighted by Crippen LogP contribution is -2.13. The molecule has 0 amide bonds. The second kappa shape index (κ2) is 6.94. The molecule has 0 atom stereocenters. The van der Waals surface area contributed by atoms with Crippen molar-refractivity contribution in [2.45, 2.75) is 39.5 Å². The van der Waals surface area contributed by atoms with Crippen molar-refractivity contribution < 1.29 is 14.3 Å². The van der Waals surface area contributed by atoms with E-state index in [2.05, 4.69) is 13.8 Å². The zero-order chi connectivity index (χ0) is 13.5. The summed E-state index contributed by atoms with van der Waals surface area (Å²) in [4.78, 5) is 22.9. The minimum atomic E-state index is -0.442. The maximum atomic E-state index is 11.7. The van der Waals surface area contributed by atoms with Gasteiger partial charge in [-0.1, -0.05) is 38.1 Å². The van der Waals surface area contributed by atoms with Gasteiger partial charge in [-0.2, -0.15) is 0 Å². The Kier molecular flexibility index (Phi) is 5.56. The molecule has 0 radical (unpaired) electrons. The standard InChI is InChI=1S/C15H20O3/c1-4-18-15(17)10-14(16)9-12-6-5-7-13(8-12)11(2)3/h5-8,11H,4,9-10H2,1-3H3. The molecule has 0 aliphatic heterocycles. The number of ether oxygens (including phenoxy) is 1. The van der Waals surface area contributed by atoms with Crippen LogP contribution in [0.4, 0.5) is 0 Å². The fraction of sp³-hybridized carbons (Fsp3) is 0.467. The van der Waals surface area contributed by atoms with Gasteiger partial charge in [0.2, 0.25) is 0 Å². The highest BCUT2D eigenvalue weighted by atomic mass is 16.5. The smallest absolute Gasteiger partial charge is 0.313 e. The van der Waals surface area contributed by atoms with Gasteiger partial charge in [0.1, 0.15) is 12.2 Å². The lowest BCUT2D eigenvalue weighted by atomic mass is 9.98. The molecule has 3 heteroatoms. The van der Waals surface area contributed by atoms with Crippen LogP contribution in [-0.4, -0.2) is 18.4 Å². The van der Waals surface area contributed by atoms with Crippen molar-refractivity contribution in [1.29, 1.82) is 0 Å². The molecule has 0 N–H and O–H groups in total. The molecule has 0 saturated carbocycles. The van der Waals surface area contributed by atoms with Crippen molar-refractivity contribution in [2.75, 3.05) is 6.61 Å². The summed E-state index contributed by atoms with van der Waals surface area (Å²) in [6.45, 7) is 6.27. The van der Waals surface area contributed by atoms with Gasteiger partial charge in [0.05, 0.1) is 6.61 Å². The first-order chi connectivity index (χ1) is 8.52. The van der Waals surface area contributed by atoms with E-state index in [9.17, 15) is 9.59 Å². The first-order valence-electron chi connectivity index (χ1n) is 6.29. The summed E-state index contributed by atoms with van der Waals surface area (Å²) in [6.07, 6.45) is 0.152. The topological polar surface area (TPSA) is 43.4 Å². The molecule has 0 unspecified atom stereocenters. The average molecular weight is 248 g/mol. The van der Waals surface area contributed by atoms with Gasteiger partial charge in [-0.3, -0.25) is 9.59 Å². The Morgan fingerprint density at radius 2 is 2.00 bits per heavy atom. The highest BCUT2D eigenvalue weighted by molar-refractivity contribution is 5.96. The van der Waals surface area contributed by atoms with Crippen molar-refractivity contribution in [3.05, 3.63) is 35.4 Å². The van der Waals surface area contributed by atoms with Crippen molar-refractivity contribution in [3.63, 3.8) is 0 Å². The van der Waals surface area contributed by atoms with Crippen LogP contribution in [0.2, 0.25) is 0 Å². The number of carbonyl (C=O) groups is 2. The number of rotatable bonds is 6. The van der Waals surface area contributed by atoms with E-state index in [0.717, 1.165) is 5.56 Å². The molecular formula is C15H20O3. The molecule has 18 heavy (non-hydrogen) atoms. The number of hydrogen-bond acceptors (Lipinski definition) is 3. The zero-order valence-corrected chi connectivity index (χ0v) is 11.2. The van der Waals surface area contributed by atoms with Crippen LogP contribution in [0.5, 0.6) is 0 Å². The predicted octanol–water partition coefficient (Wildman–Crippen LogP) is 2.87. The molecule has 1 aromatic rings. The van der Waals surface area contributed by atoms with E-state index in [4.69, 9.17) is 4.74 Å². The molecule has 0 bridgehead atoms. The minimum Gasteiger partial charge on any atom is -0.466 e. The summed E-state index contributed by atoms with van der Waals surface area (Å²) < 4.78 is 4.75. The van der Waals surface area contributed by atoms with E-state index in [-0.39, 0.29) is 12.2 Å². The second-order valence-corrected chi connectivity index (χ2v) is 4.60. The van der Waals surface area contributed by atoms with E-state index >= 15 is 0 Å². The van der Waals surface area contributed by atoms with Crippen LogP contribution < -0.4 is 0 Å². The largest absolute Gasteiger partial charge is 0.466 e. The maximum absolute atomic E-state index is 11.7. The van der Waals surface area contributed by atoms with Crippen LogP contribution in [0, 0.1) is 0 Å². The van der Waals surface area contributed by atoms with Gasteiger partial charge in [0, 0.05) is 6.42 Å². The first kappa shape index (κ1) is 14.4. The highest BCUT2D eigenvalue weighted by Gasteiger charge is 2.11. The summed E-state index contributed by atoms with van der Waals surface area (Å²) in [6, 6.07) is 7.93. The maximum Gasteiger partial charge on any atom is 0.313 e. The van der Waals surface area contributed by atoms with Crippen LogP contribution in [0.25, 0.3) is 0 Å². The van der Waals surface area contributed by atoms with Gasteiger partial charge in [-0.15, -0.1) is 0 Å². The molecule has 0 aliphatic carbocycles. The predicted molar refractivity (Wildman–Crippen MR) is 70.5 cm³/mol. The highest BCUT2D eigenvalue weighted by Crippen LogP contribution is 2.16. The number of hydrogen-bond donors (Lipinski definition) is 0. The summed E-state index contributed by atoms with van der Waals surface area (Å²) in [5.41, 5.74) is 2.16.